The summed E-state index contributed by atoms with van der Waals surface area (Å²) < 4.78 is 0. The third-order valence-corrected chi connectivity index (χ3v) is 2.36. The number of carboxylic acid groups (broad SMARTS) is 1. The van der Waals surface area contributed by atoms with Crippen molar-refractivity contribution in [1.82, 2.24) is 5.32 Å². The minimum absolute atomic E-state index is 0.0851. The van der Waals surface area contributed by atoms with E-state index in [-0.39, 0.29) is 11.7 Å². The predicted octanol–water partition coefficient (Wildman–Crippen LogP) is -2.78. The van der Waals surface area contributed by atoms with Gasteiger partial charge >= 0.3 is 0 Å². The van der Waals surface area contributed by atoms with Crippen molar-refractivity contribution in [2.45, 2.75) is 13.0 Å². The summed E-state index contributed by atoms with van der Waals surface area (Å²) in [6.07, 6.45) is 0. The zero-order valence-corrected chi connectivity index (χ0v) is 8.36. The summed E-state index contributed by atoms with van der Waals surface area (Å²) in [5.41, 5.74) is 3.37. The largest absolute Gasteiger partial charge is 0.544 e. The molecule has 0 aromatic rings. The number of thioether (sulfide) groups is 1. The highest BCUT2D eigenvalue weighted by Crippen LogP contribution is 1.99. The molecule has 0 unspecified atom stereocenters. The third kappa shape index (κ3) is 6.41. The molecular formula is C7H14N2O3S. The Morgan fingerprint density at radius 2 is 2.23 bits per heavy atom. The molecule has 0 spiro atoms. The zero-order valence-electron chi connectivity index (χ0n) is 7.54. The normalized spacial score (nSPS) is 12.2. The van der Waals surface area contributed by atoms with Crippen molar-refractivity contribution in [3.63, 3.8) is 0 Å². The maximum atomic E-state index is 10.9. The highest BCUT2D eigenvalue weighted by Gasteiger charge is 2.08. The van der Waals surface area contributed by atoms with Gasteiger partial charge in [0.2, 0.25) is 5.91 Å². The lowest BCUT2D eigenvalue weighted by Gasteiger charge is -2.08. The number of carbonyl (C=O) groups excluding carboxylic acids is 2. The van der Waals surface area contributed by atoms with Gasteiger partial charge in [0.05, 0.1) is 17.5 Å². The second-order valence-electron chi connectivity index (χ2n) is 2.48. The highest BCUT2D eigenvalue weighted by atomic mass is 32.2. The molecule has 0 aliphatic carbocycles. The van der Waals surface area contributed by atoms with E-state index in [2.05, 4.69) is 11.1 Å². The van der Waals surface area contributed by atoms with E-state index in [1.165, 1.54) is 11.8 Å². The Morgan fingerprint density at radius 1 is 1.62 bits per heavy atom. The number of quaternary nitrogens is 1. The van der Waals surface area contributed by atoms with Crippen molar-refractivity contribution in [3.8, 4) is 0 Å². The molecule has 1 atom stereocenters. The van der Waals surface area contributed by atoms with Gasteiger partial charge in [0.1, 0.15) is 6.04 Å². The van der Waals surface area contributed by atoms with Crippen molar-refractivity contribution in [3.05, 3.63) is 0 Å². The van der Waals surface area contributed by atoms with E-state index in [1.807, 2.05) is 6.92 Å². The Morgan fingerprint density at radius 3 is 2.69 bits per heavy atom. The molecule has 0 saturated heterocycles. The highest BCUT2D eigenvalue weighted by molar-refractivity contribution is 8.00. The number of nitrogens with one attached hydrogen (secondary N) is 1. The maximum absolute atomic E-state index is 10.9. The monoisotopic (exact) mass is 206 g/mol. The van der Waals surface area contributed by atoms with Crippen molar-refractivity contribution in [2.75, 3.05) is 18.1 Å². The molecule has 76 valence electrons. The first-order valence-corrected chi connectivity index (χ1v) is 5.11. The van der Waals surface area contributed by atoms with Gasteiger partial charge in [-0.1, -0.05) is 0 Å². The molecule has 5 nitrogen and oxygen atoms in total. The van der Waals surface area contributed by atoms with Crippen LogP contribution in [0.4, 0.5) is 0 Å². The molecule has 4 N–H and O–H groups in total. The van der Waals surface area contributed by atoms with Gasteiger partial charge in [-0.3, -0.25) is 4.79 Å². The first-order chi connectivity index (χ1) is 6.07. The molecule has 0 aromatic carbocycles. The van der Waals surface area contributed by atoms with Gasteiger partial charge < -0.3 is 21.0 Å². The van der Waals surface area contributed by atoms with Gasteiger partial charge in [-0.25, -0.2) is 0 Å². The number of hydrogen-bond donors (Lipinski definition) is 2. The molecule has 0 radical (unpaired) electrons. The average Bonchev–Trinajstić information content (AvgIpc) is 2.04. The summed E-state index contributed by atoms with van der Waals surface area (Å²) in [5.74, 6) is -0.687. The van der Waals surface area contributed by atoms with Crippen LogP contribution in [0.3, 0.4) is 0 Å². The van der Waals surface area contributed by atoms with E-state index in [0.717, 1.165) is 0 Å². The van der Waals surface area contributed by atoms with Crippen LogP contribution < -0.4 is 16.2 Å². The smallest absolute Gasteiger partial charge is 0.229 e. The van der Waals surface area contributed by atoms with Crippen LogP contribution in [0.2, 0.25) is 0 Å². The van der Waals surface area contributed by atoms with E-state index in [0.29, 0.717) is 12.3 Å². The van der Waals surface area contributed by atoms with Crippen LogP contribution in [0.1, 0.15) is 6.92 Å². The van der Waals surface area contributed by atoms with Gasteiger partial charge in [0, 0.05) is 6.54 Å². The quantitative estimate of drug-likeness (QED) is 0.491. The molecule has 0 aliphatic rings. The summed E-state index contributed by atoms with van der Waals surface area (Å²) in [4.78, 5) is 21.1. The summed E-state index contributed by atoms with van der Waals surface area (Å²) in [5, 5.41) is 12.8. The Kier molecular flexibility index (Phi) is 6.34. The third-order valence-electron chi connectivity index (χ3n) is 1.26. The van der Waals surface area contributed by atoms with E-state index in [1.54, 1.807) is 0 Å². The number of carboxylic acids is 1. The van der Waals surface area contributed by atoms with Gasteiger partial charge in [-0.2, -0.15) is 0 Å². The van der Waals surface area contributed by atoms with Crippen molar-refractivity contribution < 1.29 is 20.4 Å². The fourth-order valence-electron chi connectivity index (χ4n) is 0.610. The fraction of sp³-hybridized carbons (Fsp3) is 0.714. The Balaban J connectivity index is 3.44. The predicted molar refractivity (Wildman–Crippen MR) is 47.7 cm³/mol. The first-order valence-electron chi connectivity index (χ1n) is 3.96. The van der Waals surface area contributed by atoms with E-state index in [9.17, 15) is 14.7 Å². The second kappa shape index (κ2) is 6.73. The van der Waals surface area contributed by atoms with Crippen LogP contribution in [-0.4, -0.2) is 36.0 Å². The van der Waals surface area contributed by atoms with Crippen LogP contribution in [0.15, 0.2) is 0 Å². The minimum Gasteiger partial charge on any atom is -0.544 e. The molecule has 0 heterocycles. The van der Waals surface area contributed by atoms with Gasteiger partial charge in [0.15, 0.2) is 0 Å². The topological polar surface area (TPSA) is 96.9 Å². The van der Waals surface area contributed by atoms with Gasteiger partial charge in [-0.05, 0) is 6.92 Å². The summed E-state index contributed by atoms with van der Waals surface area (Å²) in [7, 11) is 0. The second-order valence-corrected chi connectivity index (χ2v) is 3.51. The van der Waals surface area contributed by atoms with Crippen LogP contribution in [-0.2, 0) is 9.59 Å². The van der Waals surface area contributed by atoms with Crippen molar-refractivity contribution >= 4 is 23.6 Å². The lowest BCUT2D eigenvalue weighted by Crippen LogP contribution is -2.69. The minimum atomic E-state index is -1.18. The van der Waals surface area contributed by atoms with Crippen LogP contribution in [0.5, 0.6) is 0 Å². The van der Waals surface area contributed by atoms with E-state index in [4.69, 9.17) is 0 Å². The molecule has 0 bridgehead atoms. The lowest BCUT2D eigenvalue weighted by atomic mass is 10.4. The lowest BCUT2D eigenvalue weighted by molar-refractivity contribution is -0.431. The molecule has 13 heavy (non-hydrogen) atoms. The van der Waals surface area contributed by atoms with Crippen molar-refractivity contribution in [1.29, 1.82) is 0 Å². The maximum Gasteiger partial charge on any atom is 0.229 e. The molecule has 0 saturated carbocycles. The fourth-order valence-corrected chi connectivity index (χ4v) is 1.44. The summed E-state index contributed by atoms with van der Waals surface area (Å²) in [6.45, 7) is 2.42. The molecule has 0 rings (SSSR count). The Bertz CT molecular complexity index is 187. The first kappa shape index (κ1) is 12.2. The van der Waals surface area contributed by atoms with Crippen LogP contribution in [0.25, 0.3) is 0 Å². The summed E-state index contributed by atoms with van der Waals surface area (Å²) in [6, 6.07) is -0.751. The van der Waals surface area contributed by atoms with Crippen LogP contribution in [0, 0.1) is 0 Å². The average molecular weight is 206 g/mol. The standard InChI is InChI=1S/C7H14N2O3S/c1-2-9-6(10)4-13-3-5(8)7(11)12/h5H,2-4,8H2,1H3,(H,9,10)(H,11,12)/t5-/m0/s1. The Labute approximate surface area is 81.1 Å². The van der Waals surface area contributed by atoms with E-state index >= 15 is 0 Å². The Hall–Kier alpha value is -0.750. The van der Waals surface area contributed by atoms with Crippen LogP contribution >= 0.6 is 11.8 Å². The number of hydrogen-bond acceptors (Lipinski definition) is 4. The number of aliphatic carboxylic acids is 1. The molecule has 6 heteroatoms. The molecular weight excluding hydrogens is 192 g/mol. The number of rotatable bonds is 6. The van der Waals surface area contributed by atoms with Gasteiger partial charge in [0.25, 0.3) is 0 Å². The molecule has 0 fully saturated rings. The number of amides is 1. The summed E-state index contributed by atoms with van der Waals surface area (Å²) >= 11 is 1.24. The molecule has 1 amide bonds. The number of carbonyl (C=O) groups is 2. The molecule has 0 aliphatic heterocycles. The zero-order chi connectivity index (χ0) is 10.3. The van der Waals surface area contributed by atoms with E-state index < -0.39 is 12.0 Å². The molecule has 0 aromatic heterocycles. The SMILES string of the molecule is CCNC(=O)CSC[C@H]([NH3+])C(=O)[O-]. The van der Waals surface area contributed by atoms with Crippen molar-refractivity contribution in [2.24, 2.45) is 0 Å². The van der Waals surface area contributed by atoms with Gasteiger partial charge in [-0.15, -0.1) is 11.8 Å².